The topological polar surface area (TPSA) is 65.8 Å². The van der Waals surface area contributed by atoms with Gasteiger partial charge in [0.2, 0.25) is 0 Å². The van der Waals surface area contributed by atoms with Crippen LogP contribution < -0.4 is 5.32 Å². The Labute approximate surface area is 103 Å². The molecule has 0 spiro atoms. The number of amides is 1. The maximum absolute atomic E-state index is 11.6. The first-order valence-electron chi connectivity index (χ1n) is 4.99. The second-order valence-electron chi connectivity index (χ2n) is 3.26. The summed E-state index contributed by atoms with van der Waals surface area (Å²) >= 11 is 3.25. The van der Waals surface area contributed by atoms with E-state index in [0.717, 1.165) is 17.3 Å². The van der Waals surface area contributed by atoms with Crippen LogP contribution >= 0.6 is 15.9 Å². The highest BCUT2D eigenvalue weighted by atomic mass is 79.9. The Morgan fingerprint density at radius 2 is 2.31 bits per heavy atom. The van der Waals surface area contributed by atoms with Gasteiger partial charge in [0.05, 0.1) is 11.6 Å². The van der Waals surface area contributed by atoms with Gasteiger partial charge in [-0.1, -0.05) is 0 Å². The molecular formula is C11H12BrN3O. The van der Waals surface area contributed by atoms with Crippen LogP contribution in [0.1, 0.15) is 29.6 Å². The van der Waals surface area contributed by atoms with Crippen molar-refractivity contribution in [2.75, 3.05) is 6.54 Å². The SMILES string of the molecule is N#CCCCCNC(=O)c1cncc(Br)c1. The summed E-state index contributed by atoms with van der Waals surface area (Å²) in [4.78, 5) is 15.5. The molecule has 16 heavy (non-hydrogen) atoms. The molecule has 0 unspecified atom stereocenters. The number of nitriles is 1. The van der Waals surface area contributed by atoms with Crippen molar-refractivity contribution >= 4 is 21.8 Å². The molecule has 1 aromatic rings. The highest BCUT2D eigenvalue weighted by Crippen LogP contribution is 2.09. The molecule has 0 saturated carbocycles. The normalized spacial score (nSPS) is 9.50. The molecule has 84 valence electrons. The predicted octanol–water partition coefficient (Wildman–Crippen LogP) is 2.27. The number of pyridine rings is 1. The van der Waals surface area contributed by atoms with Crippen LogP contribution in [0.5, 0.6) is 0 Å². The quantitative estimate of drug-likeness (QED) is 0.842. The second kappa shape index (κ2) is 6.96. The van der Waals surface area contributed by atoms with Crippen molar-refractivity contribution in [3.05, 3.63) is 28.5 Å². The molecule has 0 atom stereocenters. The summed E-state index contributed by atoms with van der Waals surface area (Å²) in [5.74, 6) is -0.134. The van der Waals surface area contributed by atoms with Gasteiger partial charge in [-0.15, -0.1) is 0 Å². The van der Waals surface area contributed by atoms with Gasteiger partial charge in [0, 0.05) is 29.8 Å². The Bertz CT molecular complexity index is 400. The van der Waals surface area contributed by atoms with Crippen molar-refractivity contribution in [1.29, 1.82) is 5.26 Å². The molecule has 0 aliphatic heterocycles. The monoisotopic (exact) mass is 281 g/mol. The average molecular weight is 282 g/mol. The molecule has 0 aliphatic carbocycles. The van der Waals surface area contributed by atoms with Crippen LogP contribution in [0.25, 0.3) is 0 Å². The molecular weight excluding hydrogens is 270 g/mol. The van der Waals surface area contributed by atoms with Crippen LogP contribution in [0.15, 0.2) is 22.9 Å². The van der Waals surface area contributed by atoms with Gasteiger partial charge in [0.25, 0.3) is 5.91 Å². The van der Waals surface area contributed by atoms with Gasteiger partial charge >= 0.3 is 0 Å². The third-order valence-corrected chi connectivity index (χ3v) is 2.40. The maximum Gasteiger partial charge on any atom is 0.252 e. The lowest BCUT2D eigenvalue weighted by Gasteiger charge is -2.03. The molecule has 1 amide bonds. The molecule has 4 nitrogen and oxygen atoms in total. The summed E-state index contributed by atoms with van der Waals surface area (Å²) in [6, 6.07) is 3.79. The fourth-order valence-corrected chi connectivity index (χ4v) is 1.53. The number of hydrogen-bond acceptors (Lipinski definition) is 3. The first kappa shape index (κ1) is 12.7. The molecule has 0 radical (unpaired) electrons. The van der Waals surface area contributed by atoms with Crippen LogP contribution in [0, 0.1) is 11.3 Å². The Balaban J connectivity index is 2.33. The van der Waals surface area contributed by atoms with Gasteiger partial charge in [-0.25, -0.2) is 0 Å². The third kappa shape index (κ3) is 4.41. The van der Waals surface area contributed by atoms with E-state index < -0.39 is 0 Å². The van der Waals surface area contributed by atoms with Crippen molar-refractivity contribution in [2.24, 2.45) is 0 Å². The van der Waals surface area contributed by atoms with Gasteiger partial charge in [0.15, 0.2) is 0 Å². The number of unbranched alkanes of at least 4 members (excludes halogenated alkanes) is 2. The molecule has 5 heteroatoms. The van der Waals surface area contributed by atoms with Crippen LogP contribution in [0.4, 0.5) is 0 Å². The number of aromatic nitrogens is 1. The molecule has 1 N–H and O–H groups in total. The minimum Gasteiger partial charge on any atom is -0.352 e. The van der Waals surface area contributed by atoms with Crippen molar-refractivity contribution in [2.45, 2.75) is 19.3 Å². The van der Waals surface area contributed by atoms with E-state index in [2.05, 4.69) is 32.3 Å². The zero-order valence-electron chi connectivity index (χ0n) is 8.74. The van der Waals surface area contributed by atoms with Crippen molar-refractivity contribution in [1.82, 2.24) is 10.3 Å². The molecule has 0 aromatic carbocycles. The Kier molecular flexibility index (Phi) is 5.51. The van der Waals surface area contributed by atoms with Crippen molar-refractivity contribution in [3.8, 4) is 6.07 Å². The molecule has 1 rings (SSSR count). The van der Waals surface area contributed by atoms with Gasteiger partial charge in [-0.3, -0.25) is 9.78 Å². The Morgan fingerprint density at radius 3 is 3.00 bits per heavy atom. The highest BCUT2D eigenvalue weighted by Gasteiger charge is 2.04. The lowest BCUT2D eigenvalue weighted by Crippen LogP contribution is -2.24. The summed E-state index contributed by atoms with van der Waals surface area (Å²) in [6.45, 7) is 0.590. The van der Waals surface area contributed by atoms with Gasteiger partial charge in [0.1, 0.15) is 0 Å². The molecule has 0 aliphatic rings. The van der Waals surface area contributed by atoms with Crippen LogP contribution in [0.3, 0.4) is 0 Å². The van der Waals surface area contributed by atoms with Gasteiger partial charge in [-0.05, 0) is 34.8 Å². The van der Waals surface area contributed by atoms with E-state index in [0.29, 0.717) is 18.5 Å². The lowest BCUT2D eigenvalue weighted by atomic mass is 10.2. The first-order chi connectivity index (χ1) is 7.74. The fraction of sp³-hybridized carbons (Fsp3) is 0.364. The summed E-state index contributed by atoms with van der Waals surface area (Å²) < 4.78 is 0.782. The summed E-state index contributed by atoms with van der Waals surface area (Å²) in [5, 5.41) is 11.1. The van der Waals surface area contributed by atoms with E-state index in [1.807, 2.05) is 0 Å². The van der Waals surface area contributed by atoms with E-state index in [-0.39, 0.29) is 5.91 Å². The fourth-order valence-electron chi connectivity index (χ4n) is 1.17. The predicted molar refractivity (Wildman–Crippen MR) is 63.7 cm³/mol. The molecule has 0 bridgehead atoms. The number of hydrogen-bond donors (Lipinski definition) is 1. The van der Waals surface area contributed by atoms with E-state index in [1.165, 1.54) is 6.20 Å². The highest BCUT2D eigenvalue weighted by molar-refractivity contribution is 9.10. The average Bonchev–Trinajstić information content (AvgIpc) is 2.28. The van der Waals surface area contributed by atoms with Crippen LogP contribution in [-0.4, -0.2) is 17.4 Å². The third-order valence-electron chi connectivity index (χ3n) is 1.97. The molecule has 0 saturated heterocycles. The maximum atomic E-state index is 11.6. The Hall–Kier alpha value is -1.41. The zero-order chi connectivity index (χ0) is 11.8. The molecule has 1 aromatic heterocycles. The van der Waals surface area contributed by atoms with Crippen molar-refractivity contribution in [3.63, 3.8) is 0 Å². The number of carbonyl (C=O) groups excluding carboxylic acids is 1. The van der Waals surface area contributed by atoms with Gasteiger partial charge < -0.3 is 5.32 Å². The molecule has 1 heterocycles. The van der Waals surface area contributed by atoms with E-state index in [1.54, 1.807) is 12.3 Å². The smallest absolute Gasteiger partial charge is 0.252 e. The van der Waals surface area contributed by atoms with E-state index in [4.69, 9.17) is 5.26 Å². The number of carbonyl (C=O) groups is 1. The number of rotatable bonds is 5. The first-order valence-corrected chi connectivity index (χ1v) is 5.79. The molecule has 0 fully saturated rings. The largest absolute Gasteiger partial charge is 0.352 e. The van der Waals surface area contributed by atoms with Crippen molar-refractivity contribution < 1.29 is 4.79 Å². The van der Waals surface area contributed by atoms with Crippen LogP contribution in [0.2, 0.25) is 0 Å². The number of halogens is 1. The zero-order valence-corrected chi connectivity index (χ0v) is 10.3. The van der Waals surface area contributed by atoms with Crippen LogP contribution in [-0.2, 0) is 0 Å². The van der Waals surface area contributed by atoms with Gasteiger partial charge in [-0.2, -0.15) is 5.26 Å². The minimum absolute atomic E-state index is 0.134. The standard InChI is InChI=1S/C11H12BrN3O/c12-10-6-9(7-14-8-10)11(16)15-5-3-1-2-4-13/h6-8H,1-3,5H2,(H,15,16). The summed E-state index contributed by atoms with van der Waals surface area (Å²) in [5.41, 5.74) is 0.537. The summed E-state index contributed by atoms with van der Waals surface area (Å²) in [7, 11) is 0. The Morgan fingerprint density at radius 1 is 1.50 bits per heavy atom. The lowest BCUT2D eigenvalue weighted by molar-refractivity contribution is 0.0952. The van der Waals surface area contributed by atoms with E-state index in [9.17, 15) is 4.79 Å². The summed E-state index contributed by atoms with van der Waals surface area (Å²) in [6.07, 6.45) is 5.32. The number of nitrogens with zero attached hydrogens (tertiary/aromatic N) is 2. The minimum atomic E-state index is -0.134. The number of nitrogens with one attached hydrogen (secondary N) is 1. The van der Waals surface area contributed by atoms with E-state index >= 15 is 0 Å². The second-order valence-corrected chi connectivity index (χ2v) is 4.18.